The number of hydrogen-bond donors (Lipinski definition) is 2. The maximum atomic E-state index is 13.2. The van der Waals surface area contributed by atoms with Crippen LogP contribution in [0.5, 0.6) is 0 Å². The fraction of sp³-hybridized carbons (Fsp3) is 0.0769. The molecule has 0 unspecified atom stereocenters. The van der Waals surface area contributed by atoms with Crippen LogP contribution >= 0.6 is 11.6 Å². The Balaban J connectivity index is 2.40. The van der Waals surface area contributed by atoms with Gasteiger partial charge in [-0.25, -0.2) is 12.8 Å². The Hall–Kier alpha value is -1.79. The molecule has 3 N–H and O–H groups in total. The zero-order valence-electron chi connectivity index (χ0n) is 10.5. The monoisotopic (exact) mass is 314 g/mol. The van der Waals surface area contributed by atoms with Crippen molar-refractivity contribution < 1.29 is 12.8 Å². The zero-order valence-corrected chi connectivity index (χ0v) is 12.1. The molecule has 0 aliphatic heterocycles. The molecule has 0 aromatic heterocycles. The number of halogens is 2. The van der Waals surface area contributed by atoms with Gasteiger partial charge in [0, 0.05) is 10.7 Å². The maximum absolute atomic E-state index is 13.2. The lowest BCUT2D eigenvalue weighted by Crippen LogP contribution is -2.14. The van der Waals surface area contributed by atoms with E-state index in [1.54, 1.807) is 13.0 Å². The fourth-order valence-electron chi connectivity index (χ4n) is 1.80. The van der Waals surface area contributed by atoms with Gasteiger partial charge in [0.25, 0.3) is 10.0 Å². The van der Waals surface area contributed by atoms with E-state index in [2.05, 4.69) is 4.72 Å². The van der Waals surface area contributed by atoms with Crippen LogP contribution in [-0.2, 0) is 10.0 Å². The molecule has 0 aliphatic rings. The molecule has 106 valence electrons. The van der Waals surface area contributed by atoms with Crippen molar-refractivity contribution in [3.05, 3.63) is 52.8 Å². The highest BCUT2D eigenvalue weighted by molar-refractivity contribution is 7.92. The van der Waals surface area contributed by atoms with Crippen molar-refractivity contribution in [2.75, 3.05) is 10.5 Å². The van der Waals surface area contributed by atoms with E-state index in [0.29, 0.717) is 11.3 Å². The Kier molecular flexibility index (Phi) is 3.87. The number of nitrogens with one attached hydrogen (secondary N) is 1. The summed E-state index contributed by atoms with van der Waals surface area (Å²) in [6.45, 7) is 1.63. The molecule has 0 atom stereocenters. The summed E-state index contributed by atoms with van der Waals surface area (Å²) >= 11 is 5.69. The third kappa shape index (κ3) is 3.20. The second kappa shape index (κ2) is 5.30. The zero-order chi connectivity index (χ0) is 14.9. The lowest BCUT2D eigenvalue weighted by Gasteiger charge is -2.11. The van der Waals surface area contributed by atoms with Crippen LogP contribution in [0, 0.1) is 12.7 Å². The van der Waals surface area contributed by atoms with Crippen LogP contribution in [0.4, 0.5) is 15.8 Å². The van der Waals surface area contributed by atoms with E-state index in [-0.39, 0.29) is 15.6 Å². The SMILES string of the molecule is Cc1cc(N)ccc1S(=O)(=O)Nc1cc(F)cc(Cl)c1. The molecule has 7 heteroatoms. The largest absolute Gasteiger partial charge is 0.399 e. The second-order valence-electron chi connectivity index (χ2n) is 4.29. The smallest absolute Gasteiger partial charge is 0.262 e. The van der Waals surface area contributed by atoms with Crippen LogP contribution in [0.1, 0.15) is 5.56 Å². The van der Waals surface area contributed by atoms with Gasteiger partial charge in [-0.15, -0.1) is 0 Å². The first-order valence-corrected chi connectivity index (χ1v) is 7.49. The van der Waals surface area contributed by atoms with Gasteiger partial charge in [0.2, 0.25) is 0 Å². The summed E-state index contributed by atoms with van der Waals surface area (Å²) in [4.78, 5) is 0.0760. The van der Waals surface area contributed by atoms with Gasteiger partial charge in [0.15, 0.2) is 0 Å². The number of benzene rings is 2. The second-order valence-corrected chi connectivity index (χ2v) is 6.38. The molecule has 0 saturated heterocycles. The van der Waals surface area contributed by atoms with Crippen molar-refractivity contribution in [3.8, 4) is 0 Å². The molecule has 20 heavy (non-hydrogen) atoms. The van der Waals surface area contributed by atoms with Crippen molar-refractivity contribution in [2.45, 2.75) is 11.8 Å². The number of nitrogen functional groups attached to an aromatic ring is 1. The lowest BCUT2D eigenvalue weighted by molar-refractivity contribution is 0.600. The number of nitrogens with two attached hydrogens (primary N) is 1. The highest BCUT2D eigenvalue weighted by atomic mass is 35.5. The molecule has 2 aromatic carbocycles. The quantitative estimate of drug-likeness (QED) is 0.855. The van der Waals surface area contributed by atoms with E-state index in [9.17, 15) is 12.8 Å². The summed E-state index contributed by atoms with van der Waals surface area (Å²) in [7, 11) is -3.83. The predicted octanol–water partition coefficient (Wildman–Crippen LogP) is 3.17. The summed E-state index contributed by atoms with van der Waals surface area (Å²) in [6.07, 6.45) is 0. The molecule has 0 spiro atoms. The van der Waals surface area contributed by atoms with E-state index >= 15 is 0 Å². The molecule has 4 nitrogen and oxygen atoms in total. The summed E-state index contributed by atoms with van der Waals surface area (Å²) < 4.78 is 40.0. The Bertz CT molecular complexity index is 743. The predicted molar refractivity (Wildman–Crippen MR) is 77.8 cm³/mol. The van der Waals surface area contributed by atoms with Crippen molar-refractivity contribution in [3.63, 3.8) is 0 Å². The number of rotatable bonds is 3. The van der Waals surface area contributed by atoms with E-state index in [1.807, 2.05) is 0 Å². The van der Waals surface area contributed by atoms with Crippen LogP contribution in [0.15, 0.2) is 41.3 Å². The standard InChI is InChI=1S/C13H12ClFN2O2S/c1-8-4-11(16)2-3-13(8)20(18,19)17-12-6-9(14)5-10(15)7-12/h2-7,17H,16H2,1H3. The van der Waals surface area contributed by atoms with E-state index < -0.39 is 15.8 Å². The average molecular weight is 315 g/mol. The third-order valence-corrected chi connectivity index (χ3v) is 4.36. The number of aryl methyl sites for hydroxylation is 1. The molecular weight excluding hydrogens is 303 g/mol. The van der Waals surface area contributed by atoms with Gasteiger partial charge >= 0.3 is 0 Å². The minimum absolute atomic E-state index is 0.0613. The van der Waals surface area contributed by atoms with Gasteiger partial charge in [-0.1, -0.05) is 11.6 Å². The minimum atomic E-state index is -3.83. The Labute approximate surface area is 121 Å². The first kappa shape index (κ1) is 14.6. The fourth-order valence-corrected chi connectivity index (χ4v) is 3.29. The van der Waals surface area contributed by atoms with Crippen LogP contribution in [0.3, 0.4) is 0 Å². The van der Waals surface area contributed by atoms with E-state index in [1.165, 1.54) is 18.2 Å². The number of sulfonamides is 1. The summed E-state index contributed by atoms with van der Waals surface area (Å²) in [5.74, 6) is -0.621. The van der Waals surface area contributed by atoms with Gasteiger partial charge < -0.3 is 5.73 Å². The molecule has 0 radical (unpaired) electrons. The van der Waals surface area contributed by atoms with Crippen molar-refractivity contribution >= 4 is 33.0 Å². The third-order valence-electron chi connectivity index (χ3n) is 2.60. The molecule has 0 saturated carbocycles. The molecule has 2 aromatic rings. The van der Waals surface area contributed by atoms with Crippen LogP contribution in [0.25, 0.3) is 0 Å². The molecule has 2 rings (SSSR count). The molecular formula is C13H12ClFN2O2S. The number of hydrogen-bond acceptors (Lipinski definition) is 3. The first-order chi connectivity index (χ1) is 9.28. The average Bonchev–Trinajstić information content (AvgIpc) is 2.25. The molecule has 0 fully saturated rings. The van der Waals surface area contributed by atoms with Crippen LogP contribution < -0.4 is 10.5 Å². The normalized spacial score (nSPS) is 11.3. The Morgan fingerprint density at radius 2 is 1.90 bits per heavy atom. The highest BCUT2D eigenvalue weighted by Gasteiger charge is 2.17. The van der Waals surface area contributed by atoms with Gasteiger partial charge in [0.1, 0.15) is 5.82 Å². The molecule has 0 heterocycles. The van der Waals surface area contributed by atoms with Crippen LogP contribution in [0.2, 0.25) is 5.02 Å². The summed E-state index contributed by atoms with van der Waals surface area (Å²) in [5.41, 5.74) is 6.61. The van der Waals surface area contributed by atoms with Crippen molar-refractivity contribution in [1.82, 2.24) is 0 Å². The number of anilines is 2. The summed E-state index contributed by atoms with van der Waals surface area (Å²) in [5, 5.41) is 0.108. The molecule has 0 aliphatic carbocycles. The van der Waals surface area contributed by atoms with E-state index in [0.717, 1.165) is 12.1 Å². The van der Waals surface area contributed by atoms with E-state index in [4.69, 9.17) is 17.3 Å². The van der Waals surface area contributed by atoms with Crippen LogP contribution in [-0.4, -0.2) is 8.42 Å². The Morgan fingerprint density at radius 3 is 2.50 bits per heavy atom. The first-order valence-electron chi connectivity index (χ1n) is 5.63. The van der Waals surface area contributed by atoms with Gasteiger partial charge in [-0.3, -0.25) is 4.72 Å². The summed E-state index contributed by atoms with van der Waals surface area (Å²) in [6, 6.07) is 7.90. The topological polar surface area (TPSA) is 72.2 Å². The van der Waals surface area contributed by atoms with Gasteiger partial charge in [-0.2, -0.15) is 0 Å². The van der Waals surface area contributed by atoms with Gasteiger partial charge in [0.05, 0.1) is 10.6 Å². The van der Waals surface area contributed by atoms with Crippen molar-refractivity contribution in [1.29, 1.82) is 0 Å². The Morgan fingerprint density at radius 1 is 1.20 bits per heavy atom. The minimum Gasteiger partial charge on any atom is -0.399 e. The van der Waals surface area contributed by atoms with Crippen molar-refractivity contribution in [2.24, 2.45) is 0 Å². The highest BCUT2D eigenvalue weighted by Crippen LogP contribution is 2.23. The maximum Gasteiger partial charge on any atom is 0.262 e. The molecule has 0 amide bonds. The molecule has 0 bridgehead atoms. The van der Waals surface area contributed by atoms with Gasteiger partial charge in [-0.05, 0) is 48.9 Å². The lowest BCUT2D eigenvalue weighted by atomic mass is 10.2.